The number of primary amides is 1. The van der Waals surface area contributed by atoms with Crippen molar-refractivity contribution in [2.45, 2.75) is 44.9 Å². The first-order valence-corrected chi connectivity index (χ1v) is 6.27. The first-order valence-electron chi connectivity index (χ1n) is 5.45. The number of carbonyl (C=O) groups is 1. The van der Waals surface area contributed by atoms with Crippen molar-refractivity contribution >= 4 is 17.2 Å². The first-order chi connectivity index (χ1) is 7.18. The van der Waals surface area contributed by atoms with Gasteiger partial charge in [0.1, 0.15) is 4.88 Å². The molecule has 1 aromatic rings. The van der Waals surface area contributed by atoms with Crippen LogP contribution in [0.5, 0.6) is 0 Å². The Bertz CT molecular complexity index is 367. The molecule has 15 heavy (non-hydrogen) atoms. The van der Waals surface area contributed by atoms with Crippen molar-refractivity contribution in [3.05, 3.63) is 15.6 Å². The Labute approximate surface area is 93.7 Å². The van der Waals surface area contributed by atoms with Crippen LogP contribution in [0.2, 0.25) is 0 Å². The normalized spacial score (nSPS) is 17.9. The topological polar surface area (TPSA) is 56.0 Å². The van der Waals surface area contributed by atoms with Gasteiger partial charge in [0.25, 0.3) is 5.91 Å². The molecule has 1 amide bonds. The molecule has 0 atom stereocenters. The monoisotopic (exact) mass is 224 g/mol. The maximum atomic E-state index is 11.1. The molecule has 0 aromatic carbocycles. The maximum absolute atomic E-state index is 11.1. The van der Waals surface area contributed by atoms with E-state index >= 15 is 0 Å². The summed E-state index contributed by atoms with van der Waals surface area (Å²) >= 11 is 1.49. The summed E-state index contributed by atoms with van der Waals surface area (Å²) in [5.74, 6) is 0.225. The minimum Gasteiger partial charge on any atom is -0.365 e. The summed E-state index contributed by atoms with van der Waals surface area (Å²) in [6.45, 7) is 1.86. The van der Waals surface area contributed by atoms with Crippen LogP contribution in [0.3, 0.4) is 0 Å². The fourth-order valence-corrected chi connectivity index (χ4v) is 3.26. The van der Waals surface area contributed by atoms with Crippen molar-refractivity contribution < 1.29 is 4.79 Å². The molecule has 82 valence electrons. The molecule has 1 aliphatic carbocycles. The van der Waals surface area contributed by atoms with Crippen molar-refractivity contribution in [1.82, 2.24) is 4.98 Å². The molecule has 2 N–H and O–H groups in total. The lowest BCUT2D eigenvalue weighted by Gasteiger charge is -2.18. The van der Waals surface area contributed by atoms with E-state index in [1.807, 2.05) is 6.92 Å². The number of thiazole rings is 1. The van der Waals surface area contributed by atoms with Crippen molar-refractivity contribution in [3.63, 3.8) is 0 Å². The summed E-state index contributed by atoms with van der Waals surface area (Å²) in [4.78, 5) is 16.2. The van der Waals surface area contributed by atoms with Crippen LogP contribution in [-0.4, -0.2) is 10.9 Å². The third-order valence-electron chi connectivity index (χ3n) is 2.99. The van der Waals surface area contributed by atoms with Crippen molar-refractivity contribution in [2.24, 2.45) is 5.73 Å². The van der Waals surface area contributed by atoms with Gasteiger partial charge in [0.05, 0.1) is 10.7 Å². The van der Waals surface area contributed by atoms with Gasteiger partial charge in [-0.1, -0.05) is 19.3 Å². The minimum absolute atomic E-state index is 0.341. The second kappa shape index (κ2) is 4.31. The van der Waals surface area contributed by atoms with Gasteiger partial charge in [-0.15, -0.1) is 11.3 Å². The van der Waals surface area contributed by atoms with Crippen molar-refractivity contribution in [2.75, 3.05) is 0 Å². The van der Waals surface area contributed by atoms with Crippen LogP contribution in [0.1, 0.15) is 58.4 Å². The molecule has 1 saturated carbocycles. The number of rotatable bonds is 2. The lowest BCUT2D eigenvalue weighted by molar-refractivity contribution is 0.100. The van der Waals surface area contributed by atoms with Crippen LogP contribution in [0.4, 0.5) is 0 Å². The number of hydrogen-bond acceptors (Lipinski definition) is 3. The predicted molar refractivity (Wildman–Crippen MR) is 61.2 cm³/mol. The lowest BCUT2D eigenvalue weighted by atomic mass is 9.90. The molecule has 3 nitrogen and oxygen atoms in total. The summed E-state index contributed by atoms with van der Waals surface area (Å²) in [5.41, 5.74) is 6.09. The predicted octanol–water partition coefficient (Wildman–Crippen LogP) is 2.60. The number of aryl methyl sites for hydroxylation is 1. The summed E-state index contributed by atoms with van der Waals surface area (Å²) in [6, 6.07) is 0. The van der Waals surface area contributed by atoms with E-state index in [0.29, 0.717) is 10.8 Å². The summed E-state index contributed by atoms with van der Waals surface area (Å²) < 4.78 is 0. The fraction of sp³-hybridized carbons (Fsp3) is 0.636. The second-order valence-corrected chi connectivity index (χ2v) is 5.20. The number of amides is 1. The largest absolute Gasteiger partial charge is 0.365 e. The van der Waals surface area contributed by atoms with E-state index in [0.717, 1.165) is 10.7 Å². The summed E-state index contributed by atoms with van der Waals surface area (Å²) in [6.07, 6.45) is 6.34. The third kappa shape index (κ3) is 2.20. The SMILES string of the molecule is Cc1nc(C2CCCCC2)sc1C(N)=O. The standard InChI is InChI=1S/C11H16N2OS/c1-7-9(10(12)14)15-11(13-7)8-5-3-2-4-6-8/h8H,2-6H2,1H3,(H2,12,14). The zero-order chi connectivity index (χ0) is 10.8. The highest BCUT2D eigenvalue weighted by Gasteiger charge is 2.21. The Hall–Kier alpha value is -0.900. The van der Waals surface area contributed by atoms with Gasteiger partial charge in [-0.3, -0.25) is 4.79 Å². The highest BCUT2D eigenvalue weighted by atomic mass is 32.1. The Kier molecular flexibility index (Phi) is 3.05. The van der Waals surface area contributed by atoms with Gasteiger partial charge >= 0.3 is 0 Å². The van der Waals surface area contributed by atoms with Crippen LogP contribution >= 0.6 is 11.3 Å². The lowest BCUT2D eigenvalue weighted by Crippen LogP contribution is -2.10. The molecule has 1 aliphatic rings. The quantitative estimate of drug-likeness (QED) is 0.839. The Morgan fingerprint density at radius 3 is 2.60 bits per heavy atom. The van der Waals surface area contributed by atoms with Gasteiger partial charge in [0.15, 0.2) is 0 Å². The Morgan fingerprint density at radius 2 is 2.07 bits per heavy atom. The number of nitrogens with two attached hydrogens (primary N) is 1. The average molecular weight is 224 g/mol. The maximum Gasteiger partial charge on any atom is 0.260 e. The Morgan fingerprint density at radius 1 is 1.40 bits per heavy atom. The summed E-state index contributed by atoms with van der Waals surface area (Å²) in [5, 5.41) is 1.11. The average Bonchev–Trinajstić information content (AvgIpc) is 2.62. The van der Waals surface area contributed by atoms with E-state index in [-0.39, 0.29) is 5.91 Å². The molecule has 1 fully saturated rings. The zero-order valence-corrected chi connectivity index (χ0v) is 9.77. The Balaban J connectivity index is 2.21. The fourth-order valence-electron chi connectivity index (χ4n) is 2.17. The summed E-state index contributed by atoms with van der Waals surface area (Å²) in [7, 11) is 0. The van der Waals surface area contributed by atoms with E-state index in [1.165, 1.54) is 43.4 Å². The van der Waals surface area contributed by atoms with Gasteiger partial charge in [0, 0.05) is 5.92 Å². The van der Waals surface area contributed by atoms with Crippen LogP contribution in [0, 0.1) is 6.92 Å². The first kappa shape index (κ1) is 10.6. The molecule has 0 bridgehead atoms. The number of aromatic nitrogens is 1. The van der Waals surface area contributed by atoms with Gasteiger partial charge in [-0.25, -0.2) is 4.98 Å². The van der Waals surface area contributed by atoms with E-state index in [1.54, 1.807) is 0 Å². The molecule has 1 aromatic heterocycles. The molecule has 0 saturated heterocycles. The third-order valence-corrected chi connectivity index (χ3v) is 4.33. The van der Waals surface area contributed by atoms with E-state index in [2.05, 4.69) is 4.98 Å². The van der Waals surface area contributed by atoms with Crippen LogP contribution in [-0.2, 0) is 0 Å². The second-order valence-electron chi connectivity index (χ2n) is 4.17. The number of carbonyl (C=O) groups excluding carboxylic acids is 1. The molecule has 0 spiro atoms. The van der Waals surface area contributed by atoms with Crippen molar-refractivity contribution in [1.29, 1.82) is 0 Å². The van der Waals surface area contributed by atoms with Crippen LogP contribution < -0.4 is 5.73 Å². The smallest absolute Gasteiger partial charge is 0.260 e. The van der Waals surface area contributed by atoms with Gasteiger partial charge in [-0.2, -0.15) is 0 Å². The number of hydrogen-bond donors (Lipinski definition) is 1. The van der Waals surface area contributed by atoms with Gasteiger partial charge < -0.3 is 5.73 Å². The molecule has 2 rings (SSSR count). The number of nitrogens with zero attached hydrogens (tertiary/aromatic N) is 1. The molecule has 0 unspecified atom stereocenters. The molecule has 0 radical (unpaired) electrons. The molecule has 4 heteroatoms. The van der Waals surface area contributed by atoms with Gasteiger partial charge in [0.2, 0.25) is 0 Å². The zero-order valence-electron chi connectivity index (χ0n) is 8.95. The minimum atomic E-state index is -0.341. The van der Waals surface area contributed by atoms with Gasteiger partial charge in [-0.05, 0) is 19.8 Å². The molecular formula is C11H16N2OS. The van der Waals surface area contributed by atoms with Crippen LogP contribution in [0.15, 0.2) is 0 Å². The van der Waals surface area contributed by atoms with E-state index < -0.39 is 0 Å². The molecule has 1 heterocycles. The van der Waals surface area contributed by atoms with Crippen molar-refractivity contribution in [3.8, 4) is 0 Å². The highest BCUT2D eigenvalue weighted by Crippen LogP contribution is 2.35. The van der Waals surface area contributed by atoms with Crippen LogP contribution in [0.25, 0.3) is 0 Å². The molecular weight excluding hydrogens is 208 g/mol. The highest BCUT2D eigenvalue weighted by molar-refractivity contribution is 7.13. The molecule has 0 aliphatic heterocycles. The van der Waals surface area contributed by atoms with E-state index in [9.17, 15) is 4.79 Å². The van der Waals surface area contributed by atoms with E-state index in [4.69, 9.17) is 5.73 Å².